The van der Waals surface area contributed by atoms with Crippen LogP contribution in [0.25, 0.3) is 0 Å². The molecule has 9 heteroatoms. The number of carbonyl (C=O) groups excluding carboxylic acids is 1. The highest BCUT2D eigenvalue weighted by atomic mass is 32.2. The van der Waals surface area contributed by atoms with Crippen LogP contribution in [-0.4, -0.2) is 35.0 Å². The van der Waals surface area contributed by atoms with Gasteiger partial charge < -0.3 is 14.2 Å². The molecule has 0 aromatic heterocycles. The standard InChI is InChI=1S/C17H20N2O6S/c1-23-14-9-13(19-26(3,21)22)10-15(24-2)16(14)18-17(20)25-11-12-7-5-4-6-8-12/h4-10,19H,11H2,1-3H3,(H,18,20). The third-order valence-electron chi connectivity index (χ3n) is 3.25. The monoisotopic (exact) mass is 380 g/mol. The molecule has 0 heterocycles. The van der Waals surface area contributed by atoms with E-state index in [2.05, 4.69) is 10.0 Å². The molecule has 0 saturated heterocycles. The number of rotatable bonds is 7. The first kappa shape index (κ1) is 19.4. The molecule has 2 aromatic rings. The number of hydrogen-bond donors (Lipinski definition) is 2. The second-order valence-electron chi connectivity index (χ2n) is 5.32. The zero-order chi connectivity index (χ0) is 19.2. The van der Waals surface area contributed by atoms with Crippen LogP contribution in [0.1, 0.15) is 5.56 Å². The fourth-order valence-electron chi connectivity index (χ4n) is 2.17. The number of anilines is 2. The topological polar surface area (TPSA) is 103 Å². The van der Waals surface area contributed by atoms with Crippen LogP contribution < -0.4 is 19.5 Å². The van der Waals surface area contributed by atoms with Crippen LogP contribution in [0.4, 0.5) is 16.2 Å². The molecule has 0 atom stereocenters. The Morgan fingerprint density at radius 2 is 1.62 bits per heavy atom. The maximum atomic E-state index is 12.1. The predicted octanol–water partition coefficient (Wildman–Crippen LogP) is 2.82. The van der Waals surface area contributed by atoms with E-state index in [1.807, 2.05) is 30.3 Å². The van der Waals surface area contributed by atoms with Gasteiger partial charge in [0.05, 0.1) is 26.2 Å². The first-order valence-electron chi connectivity index (χ1n) is 7.54. The van der Waals surface area contributed by atoms with Gasteiger partial charge in [0.1, 0.15) is 23.8 Å². The number of ether oxygens (including phenoxy) is 3. The average Bonchev–Trinajstić information content (AvgIpc) is 2.60. The van der Waals surface area contributed by atoms with Crippen LogP contribution in [0.15, 0.2) is 42.5 Å². The number of amides is 1. The van der Waals surface area contributed by atoms with Gasteiger partial charge in [-0.25, -0.2) is 13.2 Å². The van der Waals surface area contributed by atoms with E-state index in [1.54, 1.807) is 0 Å². The summed E-state index contributed by atoms with van der Waals surface area (Å²) < 4.78 is 40.7. The molecule has 26 heavy (non-hydrogen) atoms. The molecule has 0 fully saturated rings. The molecule has 0 saturated carbocycles. The van der Waals surface area contributed by atoms with Crippen LogP contribution in [0, 0.1) is 0 Å². The van der Waals surface area contributed by atoms with Gasteiger partial charge in [0.25, 0.3) is 0 Å². The molecule has 1 amide bonds. The van der Waals surface area contributed by atoms with Crippen molar-refractivity contribution in [2.75, 3.05) is 30.5 Å². The maximum Gasteiger partial charge on any atom is 0.412 e. The molecule has 0 radical (unpaired) electrons. The van der Waals surface area contributed by atoms with E-state index >= 15 is 0 Å². The molecule has 0 unspecified atom stereocenters. The molecular weight excluding hydrogens is 360 g/mol. The lowest BCUT2D eigenvalue weighted by atomic mass is 10.2. The lowest BCUT2D eigenvalue weighted by Gasteiger charge is -2.16. The highest BCUT2D eigenvalue weighted by Crippen LogP contribution is 2.38. The van der Waals surface area contributed by atoms with Gasteiger partial charge in [0, 0.05) is 12.1 Å². The predicted molar refractivity (Wildman–Crippen MR) is 98.3 cm³/mol. The Balaban J connectivity index is 2.17. The van der Waals surface area contributed by atoms with Gasteiger partial charge in [-0.1, -0.05) is 30.3 Å². The van der Waals surface area contributed by atoms with E-state index in [1.165, 1.54) is 26.4 Å². The van der Waals surface area contributed by atoms with Crippen molar-refractivity contribution in [3.63, 3.8) is 0 Å². The third kappa shape index (κ3) is 5.55. The lowest BCUT2D eigenvalue weighted by Crippen LogP contribution is -2.15. The summed E-state index contributed by atoms with van der Waals surface area (Å²) in [6, 6.07) is 12.1. The van der Waals surface area contributed by atoms with Crippen LogP contribution in [0.2, 0.25) is 0 Å². The van der Waals surface area contributed by atoms with Crippen molar-refractivity contribution in [2.24, 2.45) is 0 Å². The molecule has 8 nitrogen and oxygen atoms in total. The van der Waals surface area contributed by atoms with Crippen LogP contribution in [0.3, 0.4) is 0 Å². The second kappa shape index (κ2) is 8.43. The van der Waals surface area contributed by atoms with Crippen LogP contribution in [0.5, 0.6) is 11.5 Å². The Bertz CT molecular complexity index is 843. The van der Waals surface area contributed by atoms with Gasteiger partial charge in [-0.2, -0.15) is 0 Å². The van der Waals surface area contributed by atoms with E-state index in [0.717, 1.165) is 11.8 Å². The molecule has 0 bridgehead atoms. The van der Waals surface area contributed by atoms with Crippen LogP contribution in [-0.2, 0) is 21.4 Å². The Hall–Kier alpha value is -2.94. The number of nitrogens with one attached hydrogen (secondary N) is 2. The lowest BCUT2D eigenvalue weighted by molar-refractivity contribution is 0.155. The molecule has 0 aliphatic heterocycles. The number of methoxy groups -OCH3 is 2. The summed E-state index contributed by atoms with van der Waals surface area (Å²) in [7, 11) is -0.699. The Labute approximate surface area is 152 Å². The van der Waals surface area contributed by atoms with E-state index in [0.29, 0.717) is 0 Å². The maximum absolute atomic E-state index is 12.1. The number of carbonyl (C=O) groups is 1. The van der Waals surface area contributed by atoms with E-state index in [4.69, 9.17) is 14.2 Å². The molecule has 2 N–H and O–H groups in total. The number of hydrogen-bond acceptors (Lipinski definition) is 6. The fraction of sp³-hybridized carbons (Fsp3) is 0.235. The Morgan fingerprint density at radius 1 is 1.04 bits per heavy atom. The first-order valence-corrected chi connectivity index (χ1v) is 9.43. The minimum atomic E-state index is -3.48. The van der Waals surface area contributed by atoms with Crippen molar-refractivity contribution in [2.45, 2.75) is 6.61 Å². The first-order chi connectivity index (χ1) is 12.3. The summed E-state index contributed by atoms with van der Waals surface area (Å²) in [4.78, 5) is 12.1. The van der Waals surface area contributed by atoms with E-state index < -0.39 is 16.1 Å². The summed E-state index contributed by atoms with van der Waals surface area (Å²) in [5.74, 6) is 0.430. The van der Waals surface area contributed by atoms with Gasteiger partial charge in [-0.15, -0.1) is 0 Å². The zero-order valence-electron chi connectivity index (χ0n) is 14.6. The van der Waals surface area contributed by atoms with Crippen molar-refractivity contribution >= 4 is 27.5 Å². The van der Waals surface area contributed by atoms with Crippen molar-refractivity contribution in [3.8, 4) is 11.5 Å². The smallest absolute Gasteiger partial charge is 0.412 e. The highest BCUT2D eigenvalue weighted by Gasteiger charge is 2.17. The average molecular weight is 380 g/mol. The minimum absolute atomic E-state index is 0.102. The number of benzene rings is 2. The summed E-state index contributed by atoms with van der Waals surface area (Å²) >= 11 is 0. The van der Waals surface area contributed by atoms with Crippen LogP contribution >= 0.6 is 0 Å². The number of sulfonamides is 1. The summed E-state index contributed by atoms with van der Waals surface area (Å²) in [6.45, 7) is 0.102. The molecule has 2 rings (SSSR count). The van der Waals surface area contributed by atoms with Gasteiger partial charge in [-0.3, -0.25) is 10.0 Å². The SMILES string of the molecule is COc1cc(NS(C)(=O)=O)cc(OC)c1NC(=O)OCc1ccccc1. The second-order valence-corrected chi connectivity index (χ2v) is 7.07. The molecule has 2 aromatic carbocycles. The van der Waals surface area contributed by atoms with Crippen molar-refractivity contribution < 1.29 is 27.4 Å². The summed E-state index contributed by atoms with van der Waals surface area (Å²) in [5.41, 5.74) is 1.31. The largest absolute Gasteiger partial charge is 0.494 e. The fourth-order valence-corrected chi connectivity index (χ4v) is 2.72. The molecular formula is C17H20N2O6S. The Morgan fingerprint density at radius 3 is 2.12 bits per heavy atom. The summed E-state index contributed by atoms with van der Waals surface area (Å²) in [6.07, 6.45) is 0.327. The normalized spacial score (nSPS) is 10.7. The quantitative estimate of drug-likeness (QED) is 0.766. The van der Waals surface area contributed by atoms with Gasteiger partial charge >= 0.3 is 6.09 Å². The third-order valence-corrected chi connectivity index (χ3v) is 3.86. The zero-order valence-corrected chi connectivity index (χ0v) is 15.4. The molecule has 0 aliphatic rings. The minimum Gasteiger partial charge on any atom is -0.494 e. The van der Waals surface area contributed by atoms with E-state index in [-0.39, 0.29) is 29.5 Å². The van der Waals surface area contributed by atoms with E-state index in [9.17, 15) is 13.2 Å². The van der Waals surface area contributed by atoms with Crippen molar-refractivity contribution in [1.29, 1.82) is 0 Å². The van der Waals surface area contributed by atoms with Gasteiger partial charge in [0.2, 0.25) is 10.0 Å². The van der Waals surface area contributed by atoms with Crippen molar-refractivity contribution in [1.82, 2.24) is 0 Å². The summed E-state index contributed by atoms with van der Waals surface area (Å²) in [5, 5.41) is 2.55. The molecule has 0 aliphatic carbocycles. The van der Waals surface area contributed by atoms with Gasteiger partial charge in [0.15, 0.2) is 0 Å². The Kier molecular flexibility index (Phi) is 6.29. The molecule has 0 spiro atoms. The van der Waals surface area contributed by atoms with Gasteiger partial charge in [-0.05, 0) is 5.56 Å². The highest BCUT2D eigenvalue weighted by molar-refractivity contribution is 7.92. The van der Waals surface area contributed by atoms with Crippen molar-refractivity contribution in [3.05, 3.63) is 48.0 Å². The molecule has 140 valence electrons.